The number of hydrogen-bond donors (Lipinski definition) is 1. The van der Waals surface area contributed by atoms with Crippen LogP contribution in [-0.4, -0.2) is 31.1 Å². The molecule has 0 aliphatic carbocycles. The maximum atomic E-state index is 13.8. The molecule has 2 unspecified atom stereocenters. The fraction of sp³-hybridized carbons (Fsp3) is 0.571. The average molecular weight is 332 g/mol. The van der Waals surface area contributed by atoms with Gasteiger partial charge in [0.25, 0.3) is 0 Å². The highest BCUT2D eigenvalue weighted by molar-refractivity contribution is 7.89. The highest BCUT2D eigenvalue weighted by Gasteiger charge is 2.32. The van der Waals surface area contributed by atoms with Gasteiger partial charge in [-0.15, -0.1) is 0 Å². The molecule has 22 heavy (non-hydrogen) atoms. The highest BCUT2D eigenvalue weighted by atomic mass is 32.2. The number of hydrogen-bond acceptors (Lipinski definition) is 5. The number of rotatable bonds is 5. The summed E-state index contributed by atoms with van der Waals surface area (Å²) in [5, 5.41) is 0. The smallest absolute Gasteiger partial charge is 0.303 e. The Hall–Kier alpha value is -1.54. The molecule has 1 aromatic heterocycles. The first kappa shape index (κ1) is 18.5. The Morgan fingerprint density at radius 1 is 1.41 bits per heavy atom. The second-order valence-corrected chi connectivity index (χ2v) is 7.60. The van der Waals surface area contributed by atoms with Crippen molar-refractivity contribution in [1.29, 1.82) is 0 Å². The minimum atomic E-state index is -3.93. The number of nitrogens with zero attached hydrogens (tertiary/aromatic N) is 1. The molecule has 0 bridgehead atoms. The lowest BCUT2D eigenvalue weighted by molar-refractivity contribution is -0.150. The monoisotopic (exact) mass is 332 g/mol. The van der Waals surface area contributed by atoms with Gasteiger partial charge in [0.05, 0.1) is 0 Å². The summed E-state index contributed by atoms with van der Waals surface area (Å²) in [4.78, 5) is 14.8. The van der Waals surface area contributed by atoms with Crippen molar-refractivity contribution in [3.8, 4) is 0 Å². The van der Waals surface area contributed by atoms with E-state index in [1.54, 1.807) is 20.8 Å². The molecule has 0 amide bonds. The number of esters is 1. The van der Waals surface area contributed by atoms with E-state index in [0.717, 1.165) is 6.92 Å². The molecular weight excluding hydrogens is 311 g/mol. The lowest BCUT2D eigenvalue weighted by Crippen LogP contribution is -2.41. The van der Waals surface area contributed by atoms with Crippen molar-refractivity contribution >= 4 is 16.0 Å². The van der Waals surface area contributed by atoms with E-state index in [1.165, 1.54) is 25.3 Å². The van der Waals surface area contributed by atoms with Gasteiger partial charge >= 0.3 is 5.97 Å². The summed E-state index contributed by atoms with van der Waals surface area (Å²) in [6.07, 6.45) is -1.67. The van der Waals surface area contributed by atoms with E-state index < -0.39 is 33.8 Å². The lowest BCUT2D eigenvalue weighted by atomic mass is 10.1. The second-order valence-electron chi connectivity index (χ2n) is 5.95. The third-order valence-electron chi connectivity index (χ3n) is 2.51. The quantitative estimate of drug-likeness (QED) is 0.835. The molecule has 0 fully saturated rings. The minimum Gasteiger partial charge on any atom is -0.453 e. The molecule has 1 heterocycles. The molecule has 0 spiro atoms. The minimum absolute atomic E-state index is 0.135. The van der Waals surface area contributed by atoms with E-state index in [0.29, 0.717) is 0 Å². The summed E-state index contributed by atoms with van der Waals surface area (Å²) >= 11 is 0. The maximum Gasteiger partial charge on any atom is 0.303 e. The summed E-state index contributed by atoms with van der Waals surface area (Å²) in [5.74, 6) is -0.715. The molecule has 6 nitrogen and oxygen atoms in total. The first-order chi connectivity index (χ1) is 9.94. The van der Waals surface area contributed by atoms with Gasteiger partial charge in [-0.25, -0.2) is 17.5 Å². The molecule has 1 aromatic rings. The van der Waals surface area contributed by atoms with E-state index >= 15 is 0 Å². The Kier molecular flexibility index (Phi) is 5.64. The van der Waals surface area contributed by atoms with E-state index in [2.05, 4.69) is 9.71 Å². The molecule has 0 saturated heterocycles. The van der Waals surface area contributed by atoms with Crippen molar-refractivity contribution in [2.24, 2.45) is 0 Å². The van der Waals surface area contributed by atoms with Crippen molar-refractivity contribution < 1.29 is 22.3 Å². The van der Waals surface area contributed by atoms with Gasteiger partial charge in [-0.2, -0.15) is 0 Å². The number of pyridine rings is 1. The number of sulfonamides is 1. The standard InChI is InChI=1S/C14H21FN2O4S/c1-9(15)13(21-10(2)18)12-11(7-6-8-16-12)22(19,20)17-14(3,4)5/h6-9,13,17H,1-5H3. The van der Waals surface area contributed by atoms with Gasteiger partial charge in [0.15, 0.2) is 6.10 Å². The SMILES string of the molecule is CC(=O)OC(c1ncccc1S(=O)(=O)NC(C)(C)C)C(C)F. The van der Waals surface area contributed by atoms with Crippen molar-refractivity contribution in [2.75, 3.05) is 0 Å². The fourth-order valence-electron chi connectivity index (χ4n) is 1.85. The van der Waals surface area contributed by atoms with Crippen LogP contribution in [0.25, 0.3) is 0 Å². The normalized spacial score (nSPS) is 15.2. The lowest BCUT2D eigenvalue weighted by Gasteiger charge is -2.24. The van der Waals surface area contributed by atoms with Crippen molar-refractivity contribution in [2.45, 2.75) is 57.3 Å². The van der Waals surface area contributed by atoms with E-state index in [-0.39, 0.29) is 10.6 Å². The summed E-state index contributed by atoms with van der Waals surface area (Å²) in [5.41, 5.74) is -0.853. The number of alkyl halides is 1. The molecule has 2 atom stereocenters. The molecule has 124 valence electrons. The van der Waals surface area contributed by atoms with Gasteiger partial charge in [0, 0.05) is 18.7 Å². The van der Waals surface area contributed by atoms with Gasteiger partial charge in [0.2, 0.25) is 10.0 Å². The number of ether oxygens (including phenoxy) is 1. The van der Waals surface area contributed by atoms with Crippen molar-refractivity contribution in [3.05, 3.63) is 24.0 Å². The molecule has 1 rings (SSSR count). The molecule has 1 N–H and O–H groups in total. The van der Waals surface area contributed by atoms with Crippen LogP contribution in [0.5, 0.6) is 0 Å². The van der Waals surface area contributed by atoms with Crippen molar-refractivity contribution in [1.82, 2.24) is 9.71 Å². The maximum absolute atomic E-state index is 13.8. The Morgan fingerprint density at radius 2 is 2.00 bits per heavy atom. The Balaban J connectivity index is 3.37. The molecule has 8 heteroatoms. The second kappa shape index (κ2) is 6.70. The largest absolute Gasteiger partial charge is 0.453 e. The number of carbonyl (C=O) groups excluding carboxylic acids is 1. The van der Waals surface area contributed by atoms with Gasteiger partial charge in [-0.05, 0) is 39.8 Å². The summed E-state index contributed by atoms with van der Waals surface area (Å²) in [6.45, 7) is 7.35. The number of halogens is 1. The third kappa shape index (κ3) is 5.03. The summed E-state index contributed by atoms with van der Waals surface area (Å²) < 4.78 is 46.1. The molecular formula is C14H21FN2O4S. The van der Waals surface area contributed by atoms with Gasteiger partial charge in [-0.1, -0.05) is 0 Å². The molecule has 0 radical (unpaired) electrons. The zero-order valence-corrected chi connectivity index (χ0v) is 14.1. The van der Waals surface area contributed by atoms with E-state index in [4.69, 9.17) is 4.74 Å². The molecule has 0 saturated carbocycles. The number of carbonyl (C=O) groups is 1. The average Bonchev–Trinajstić information content (AvgIpc) is 2.32. The predicted octanol–water partition coefficient (Wildman–Crippen LogP) is 2.12. The van der Waals surface area contributed by atoms with Crippen LogP contribution in [0.15, 0.2) is 23.2 Å². The fourth-order valence-corrected chi connectivity index (χ4v) is 3.47. The Bertz CT molecular complexity index is 638. The van der Waals surface area contributed by atoms with Crippen LogP contribution < -0.4 is 4.72 Å². The van der Waals surface area contributed by atoms with Gasteiger partial charge < -0.3 is 4.74 Å². The van der Waals surface area contributed by atoms with Crippen LogP contribution >= 0.6 is 0 Å². The third-order valence-corrected chi connectivity index (χ3v) is 4.31. The predicted molar refractivity (Wildman–Crippen MR) is 79.4 cm³/mol. The van der Waals surface area contributed by atoms with Crippen LogP contribution in [-0.2, 0) is 19.6 Å². The van der Waals surface area contributed by atoms with E-state index in [9.17, 15) is 17.6 Å². The Labute approximate surface area is 130 Å². The zero-order valence-electron chi connectivity index (χ0n) is 13.3. The van der Waals surface area contributed by atoms with Crippen LogP contribution in [0, 0.1) is 0 Å². The van der Waals surface area contributed by atoms with Crippen LogP contribution in [0.4, 0.5) is 4.39 Å². The molecule has 0 aliphatic heterocycles. The first-order valence-electron chi connectivity index (χ1n) is 6.74. The first-order valence-corrected chi connectivity index (χ1v) is 8.22. The molecule has 0 aromatic carbocycles. The highest BCUT2D eigenvalue weighted by Crippen LogP contribution is 2.28. The van der Waals surface area contributed by atoms with Gasteiger partial charge in [-0.3, -0.25) is 9.78 Å². The Morgan fingerprint density at radius 3 is 2.45 bits per heavy atom. The van der Waals surface area contributed by atoms with E-state index in [1.807, 2.05) is 0 Å². The topological polar surface area (TPSA) is 85.4 Å². The number of aromatic nitrogens is 1. The summed E-state index contributed by atoms with van der Waals surface area (Å²) in [6, 6.07) is 2.73. The van der Waals surface area contributed by atoms with Crippen LogP contribution in [0.3, 0.4) is 0 Å². The van der Waals surface area contributed by atoms with Gasteiger partial charge in [0.1, 0.15) is 16.8 Å². The summed E-state index contributed by atoms with van der Waals surface area (Å²) in [7, 11) is -3.93. The van der Waals surface area contributed by atoms with Crippen LogP contribution in [0.2, 0.25) is 0 Å². The van der Waals surface area contributed by atoms with Crippen LogP contribution in [0.1, 0.15) is 46.4 Å². The zero-order chi connectivity index (χ0) is 17.1. The molecule has 0 aliphatic rings. The van der Waals surface area contributed by atoms with Crippen molar-refractivity contribution in [3.63, 3.8) is 0 Å². The number of nitrogens with one attached hydrogen (secondary N) is 1.